The SMILES string of the molecule is Cc1cc(C)cc(NC2C(=O)Nc3ccc(F)cc32)c1. The minimum atomic E-state index is -0.554. The van der Waals surface area contributed by atoms with Gasteiger partial charge < -0.3 is 10.6 Å². The van der Waals surface area contributed by atoms with E-state index in [2.05, 4.69) is 16.7 Å². The number of amides is 1. The summed E-state index contributed by atoms with van der Waals surface area (Å²) in [6, 6.07) is 9.78. The van der Waals surface area contributed by atoms with Gasteiger partial charge in [-0.1, -0.05) is 6.07 Å². The fraction of sp³-hybridized carbons (Fsp3) is 0.188. The van der Waals surface area contributed by atoms with Crippen molar-refractivity contribution in [2.75, 3.05) is 10.6 Å². The molecule has 3 nitrogen and oxygen atoms in total. The molecule has 0 bridgehead atoms. The summed E-state index contributed by atoms with van der Waals surface area (Å²) in [4.78, 5) is 12.0. The first-order chi connectivity index (χ1) is 9.52. The fourth-order valence-corrected chi connectivity index (χ4v) is 2.60. The molecular weight excluding hydrogens is 255 g/mol. The highest BCUT2D eigenvalue weighted by molar-refractivity contribution is 6.04. The highest BCUT2D eigenvalue weighted by atomic mass is 19.1. The maximum atomic E-state index is 13.4. The van der Waals surface area contributed by atoms with Gasteiger partial charge >= 0.3 is 0 Å². The Balaban J connectivity index is 1.95. The normalized spacial score (nSPS) is 16.8. The lowest BCUT2D eigenvalue weighted by Crippen LogP contribution is -2.19. The van der Waals surface area contributed by atoms with E-state index in [-0.39, 0.29) is 11.7 Å². The molecule has 0 fully saturated rings. The first kappa shape index (κ1) is 12.7. The van der Waals surface area contributed by atoms with Crippen LogP contribution >= 0.6 is 0 Å². The number of carbonyl (C=O) groups excluding carboxylic acids is 1. The van der Waals surface area contributed by atoms with Crippen molar-refractivity contribution in [1.82, 2.24) is 0 Å². The second kappa shape index (κ2) is 4.63. The Morgan fingerprint density at radius 1 is 1.10 bits per heavy atom. The Morgan fingerprint density at radius 2 is 1.80 bits per heavy atom. The number of nitrogens with one attached hydrogen (secondary N) is 2. The van der Waals surface area contributed by atoms with E-state index < -0.39 is 6.04 Å². The van der Waals surface area contributed by atoms with Gasteiger partial charge in [0, 0.05) is 16.9 Å². The van der Waals surface area contributed by atoms with Crippen molar-refractivity contribution >= 4 is 17.3 Å². The molecule has 1 atom stereocenters. The van der Waals surface area contributed by atoms with E-state index in [0.29, 0.717) is 11.3 Å². The van der Waals surface area contributed by atoms with Crippen LogP contribution in [0.15, 0.2) is 36.4 Å². The molecule has 0 aromatic heterocycles. The number of rotatable bonds is 2. The zero-order chi connectivity index (χ0) is 14.3. The monoisotopic (exact) mass is 270 g/mol. The number of benzene rings is 2. The molecule has 1 aliphatic rings. The van der Waals surface area contributed by atoms with Gasteiger partial charge in [0.05, 0.1) is 0 Å². The minimum absolute atomic E-state index is 0.162. The van der Waals surface area contributed by atoms with Gasteiger partial charge in [-0.05, 0) is 55.3 Å². The van der Waals surface area contributed by atoms with E-state index in [4.69, 9.17) is 0 Å². The van der Waals surface area contributed by atoms with E-state index >= 15 is 0 Å². The van der Waals surface area contributed by atoms with Gasteiger partial charge in [-0.2, -0.15) is 0 Å². The van der Waals surface area contributed by atoms with Crippen LogP contribution in [-0.4, -0.2) is 5.91 Å². The molecule has 2 aromatic rings. The summed E-state index contributed by atoms with van der Waals surface area (Å²) in [6.07, 6.45) is 0. The van der Waals surface area contributed by atoms with Crippen molar-refractivity contribution in [3.63, 3.8) is 0 Å². The first-order valence-electron chi connectivity index (χ1n) is 6.48. The smallest absolute Gasteiger partial charge is 0.251 e. The van der Waals surface area contributed by atoms with Gasteiger partial charge in [-0.25, -0.2) is 4.39 Å². The Morgan fingerprint density at radius 3 is 2.50 bits per heavy atom. The molecule has 0 radical (unpaired) electrons. The third-order valence-electron chi connectivity index (χ3n) is 3.38. The Labute approximate surface area is 116 Å². The molecule has 1 amide bonds. The van der Waals surface area contributed by atoms with Crippen LogP contribution in [0, 0.1) is 19.7 Å². The maximum Gasteiger partial charge on any atom is 0.251 e. The van der Waals surface area contributed by atoms with Crippen LogP contribution in [-0.2, 0) is 4.79 Å². The molecule has 2 aromatic carbocycles. The fourth-order valence-electron chi connectivity index (χ4n) is 2.60. The van der Waals surface area contributed by atoms with Crippen molar-refractivity contribution in [2.24, 2.45) is 0 Å². The van der Waals surface area contributed by atoms with Gasteiger partial charge in [0.15, 0.2) is 0 Å². The lowest BCUT2D eigenvalue weighted by molar-refractivity contribution is -0.116. The summed E-state index contributed by atoms with van der Waals surface area (Å²) in [5.41, 5.74) is 4.41. The third-order valence-corrected chi connectivity index (χ3v) is 3.38. The summed E-state index contributed by atoms with van der Waals surface area (Å²) in [5, 5.41) is 5.93. The van der Waals surface area contributed by atoms with E-state index in [1.165, 1.54) is 12.1 Å². The predicted molar refractivity (Wildman–Crippen MR) is 77.3 cm³/mol. The average molecular weight is 270 g/mol. The average Bonchev–Trinajstić information content (AvgIpc) is 2.65. The van der Waals surface area contributed by atoms with Crippen LogP contribution in [0.4, 0.5) is 15.8 Å². The third kappa shape index (κ3) is 2.25. The van der Waals surface area contributed by atoms with Crippen molar-refractivity contribution in [1.29, 1.82) is 0 Å². The van der Waals surface area contributed by atoms with Gasteiger partial charge in [0.2, 0.25) is 0 Å². The molecule has 1 aliphatic heterocycles. The standard InChI is InChI=1S/C16H15FN2O/c1-9-5-10(2)7-12(6-9)18-15-13-8-11(17)3-4-14(13)19-16(15)20/h3-8,15,18H,1-2H3,(H,19,20). The number of hydrogen-bond acceptors (Lipinski definition) is 2. The summed E-state index contributed by atoms with van der Waals surface area (Å²) < 4.78 is 13.4. The van der Waals surface area contributed by atoms with Crippen LogP contribution in [0.5, 0.6) is 0 Å². The van der Waals surface area contributed by atoms with Crippen molar-refractivity contribution in [3.8, 4) is 0 Å². The summed E-state index contributed by atoms with van der Waals surface area (Å²) in [7, 11) is 0. The van der Waals surface area contributed by atoms with Gasteiger partial charge in [0.1, 0.15) is 11.9 Å². The summed E-state index contributed by atoms with van der Waals surface area (Å²) >= 11 is 0. The Kier molecular flexibility index (Phi) is 2.93. The van der Waals surface area contributed by atoms with Gasteiger partial charge in [0.25, 0.3) is 5.91 Å². The molecule has 4 heteroatoms. The minimum Gasteiger partial charge on any atom is -0.370 e. The molecule has 2 N–H and O–H groups in total. The molecule has 1 unspecified atom stereocenters. The number of fused-ring (bicyclic) bond motifs is 1. The number of carbonyl (C=O) groups is 1. The molecule has 0 spiro atoms. The number of hydrogen-bond donors (Lipinski definition) is 2. The van der Waals surface area contributed by atoms with Crippen LogP contribution in [0.2, 0.25) is 0 Å². The molecule has 0 saturated carbocycles. The van der Waals surface area contributed by atoms with E-state index in [0.717, 1.165) is 16.8 Å². The predicted octanol–water partition coefficient (Wildman–Crippen LogP) is 3.55. The summed E-state index contributed by atoms with van der Waals surface area (Å²) in [6.45, 7) is 4.00. The molecule has 1 heterocycles. The number of halogens is 1. The number of anilines is 2. The zero-order valence-corrected chi connectivity index (χ0v) is 11.3. The molecule has 0 aliphatic carbocycles. The van der Waals surface area contributed by atoms with Crippen LogP contribution in [0.1, 0.15) is 22.7 Å². The zero-order valence-electron chi connectivity index (χ0n) is 11.3. The maximum absolute atomic E-state index is 13.4. The summed E-state index contributed by atoms with van der Waals surface area (Å²) in [5.74, 6) is -0.503. The lowest BCUT2D eigenvalue weighted by atomic mass is 10.1. The highest BCUT2D eigenvalue weighted by Crippen LogP contribution is 2.34. The largest absolute Gasteiger partial charge is 0.370 e. The highest BCUT2D eigenvalue weighted by Gasteiger charge is 2.30. The number of aryl methyl sites for hydroxylation is 2. The first-order valence-corrected chi connectivity index (χ1v) is 6.48. The topological polar surface area (TPSA) is 41.1 Å². The Bertz CT molecular complexity index is 677. The molecular formula is C16H15FN2O. The van der Waals surface area contributed by atoms with Gasteiger partial charge in [-0.15, -0.1) is 0 Å². The van der Waals surface area contributed by atoms with Crippen LogP contribution < -0.4 is 10.6 Å². The van der Waals surface area contributed by atoms with Crippen LogP contribution in [0.3, 0.4) is 0 Å². The lowest BCUT2D eigenvalue weighted by Gasteiger charge is -2.14. The Hall–Kier alpha value is -2.36. The molecule has 3 rings (SSSR count). The quantitative estimate of drug-likeness (QED) is 0.876. The van der Waals surface area contributed by atoms with Crippen molar-refractivity contribution < 1.29 is 9.18 Å². The second-order valence-corrected chi connectivity index (χ2v) is 5.17. The van der Waals surface area contributed by atoms with Gasteiger partial charge in [-0.3, -0.25) is 4.79 Å². The van der Waals surface area contributed by atoms with E-state index in [1.54, 1.807) is 6.07 Å². The van der Waals surface area contributed by atoms with Crippen molar-refractivity contribution in [3.05, 3.63) is 58.9 Å². The molecule has 102 valence electrons. The van der Waals surface area contributed by atoms with E-state index in [1.807, 2.05) is 26.0 Å². The van der Waals surface area contributed by atoms with Crippen molar-refractivity contribution in [2.45, 2.75) is 19.9 Å². The van der Waals surface area contributed by atoms with Crippen LogP contribution in [0.25, 0.3) is 0 Å². The molecule has 20 heavy (non-hydrogen) atoms. The molecule has 0 saturated heterocycles. The van der Waals surface area contributed by atoms with E-state index in [9.17, 15) is 9.18 Å². The second-order valence-electron chi connectivity index (χ2n) is 5.17.